The molecule has 1 aromatic carbocycles. The largest absolute Gasteiger partial charge is 0.316 e. The van der Waals surface area contributed by atoms with Crippen LogP contribution in [0.25, 0.3) is 0 Å². The molecule has 2 rings (SSSR count). The number of rotatable bonds is 7. The minimum Gasteiger partial charge on any atom is -0.316 e. The molecular weight excluding hydrogens is 354 g/mol. The molecule has 1 N–H and O–H groups in total. The summed E-state index contributed by atoms with van der Waals surface area (Å²) in [6.45, 7) is 4.20. The fraction of sp³-hybridized carbons (Fsp3) is 0.375. The number of benzene rings is 1. The molecule has 0 saturated heterocycles. The molecule has 1 atom stereocenters. The van der Waals surface area contributed by atoms with E-state index in [1.165, 1.54) is 10.4 Å². The summed E-state index contributed by atoms with van der Waals surface area (Å²) in [5.41, 5.74) is 1.24. The Kier molecular flexibility index (Phi) is 6.56. The first kappa shape index (κ1) is 16.0. The van der Waals surface area contributed by atoms with Gasteiger partial charge in [-0.1, -0.05) is 36.7 Å². The van der Waals surface area contributed by atoms with Crippen LogP contribution in [-0.4, -0.2) is 13.1 Å². The summed E-state index contributed by atoms with van der Waals surface area (Å²) in [5.74, 6) is 0.417. The Bertz CT molecular complexity index is 541. The third-order valence-corrected chi connectivity index (χ3v) is 5.30. The molecule has 0 fully saturated rings. The van der Waals surface area contributed by atoms with Crippen LogP contribution in [0.1, 0.15) is 29.7 Å². The lowest BCUT2D eigenvalue weighted by Gasteiger charge is -2.18. The Balaban J connectivity index is 2.13. The van der Waals surface area contributed by atoms with Crippen molar-refractivity contribution in [1.29, 1.82) is 0 Å². The van der Waals surface area contributed by atoms with Gasteiger partial charge >= 0.3 is 0 Å². The Morgan fingerprint density at radius 1 is 1.35 bits per heavy atom. The molecule has 4 heteroatoms. The monoisotopic (exact) mass is 371 g/mol. The van der Waals surface area contributed by atoms with Crippen molar-refractivity contribution < 1.29 is 0 Å². The van der Waals surface area contributed by atoms with Crippen molar-refractivity contribution in [3.05, 3.63) is 55.6 Å². The zero-order valence-corrected chi connectivity index (χ0v) is 14.7. The van der Waals surface area contributed by atoms with Crippen LogP contribution in [0.3, 0.4) is 0 Å². The van der Waals surface area contributed by atoms with Crippen molar-refractivity contribution in [2.45, 2.75) is 25.7 Å². The zero-order chi connectivity index (χ0) is 14.4. The van der Waals surface area contributed by atoms with Crippen LogP contribution < -0.4 is 5.32 Å². The quantitative estimate of drug-likeness (QED) is 0.634. The van der Waals surface area contributed by atoms with E-state index in [0.717, 1.165) is 35.4 Å². The standard InChI is InChI=1S/C16H19BrClNS/c1-2-7-19-10-12(8-14-9-13(17)11-20-14)15-5-3-4-6-16(15)18/h3-6,9,11-12,19H,2,7-8,10H2,1H3. The molecule has 2 aromatic rings. The molecule has 0 bridgehead atoms. The van der Waals surface area contributed by atoms with Gasteiger partial charge < -0.3 is 5.32 Å². The molecule has 0 aliphatic heterocycles. The summed E-state index contributed by atoms with van der Waals surface area (Å²) >= 11 is 11.7. The summed E-state index contributed by atoms with van der Waals surface area (Å²) in [4.78, 5) is 1.39. The van der Waals surface area contributed by atoms with E-state index in [1.54, 1.807) is 11.3 Å². The Morgan fingerprint density at radius 2 is 2.15 bits per heavy atom. The fourth-order valence-electron chi connectivity index (χ4n) is 2.26. The molecule has 0 saturated carbocycles. The van der Waals surface area contributed by atoms with E-state index in [0.29, 0.717) is 5.92 Å². The second-order valence-corrected chi connectivity index (χ2v) is 7.18. The molecule has 0 radical (unpaired) electrons. The predicted molar refractivity (Wildman–Crippen MR) is 93.1 cm³/mol. The van der Waals surface area contributed by atoms with Crippen molar-refractivity contribution in [1.82, 2.24) is 5.32 Å². The Hall–Kier alpha value is -0.350. The number of nitrogens with one attached hydrogen (secondary N) is 1. The van der Waals surface area contributed by atoms with Crippen LogP contribution >= 0.6 is 38.9 Å². The van der Waals surface area contributed by atoms with E-state index >= 15 is 0 Å². The lowest BCUT2D eigenvalue weighted by molar-refractivity contribution is 0.579. The van der Waals surface area contributed by atoms with Crippen molar-refractivity contribution in [2.24, 2.45) is 0 Å². The smallest absolute Gasteiger partial charge is 0.0441 e. The maximum Gasteiger partial charge on any atom is 0.0441 e. The van der Waals surface area contributed by atoms with Gasteiger partial charge in [-0.2, -0.15) is 0 Å². The van der Waals surface area contributed by atoms with Gasteiger partial charge in [0.25, 0.3) is 0 Å². The van der Waals surface area contributed by atoms with E-state index < -0.39 is 0 Å². The summed E-state index contributed by atoms with van der Waals surface area (Å²) in [6, 6.07) is 10.4. The van der Waals surface area contributed by atoms with Crippen LogP contribution in [0.2, 0.25) is 5.02 Å². The van der Waals surface area contributed by atoms with Crippen LogP contribution in [0.4, 0.5) is 0 Å². The minimum atomic E-state index is 0.417. The highest BCUT2D eigenvalue weighted by Crippen LogP contribution is 2.30. The SMILES string of the molecule is CCCNCC(Cc1cc(Br)cs1)c1ccccc1Cl. The van der Waals surface area contributed by atoms with E-state index in [1.807, 2.05) is 12.1 Å². The topological polar surface area (TPSA) is 12.0 Å². The molecule has 0 aliphatic rings. The van der Waals surface area contributed by atoms with Crippen LogP contribution in [-0.2, 0) is 6.42 Å². The van der Waals surface area contributed by atoms with Crippen LogP contribution in [0, 0.1) is 0 Å². The third-order valence-electron chi connectivity index (χ3n) is 3.23. The molecule has 108 valence electrons. The summed E-state index contributed by atoms with van der Waals surface area (Å²) in [5, 5.41) is 6.53. The molecule has 20 heavy (non-hydrogen) atoms. The third kappa shape index (κ3) is 4.59. The van der Waals surface area contributed by atoms with Gasteiger partial charge in [0, 0.05) is 32.2 Å². The predicted octanol–water partition coefficient (Wildman–Crippen LogP) is 5.49. The second-order valence-electron chi connectivity index (χ2n) is 4.86. The summed E-state index contributed by atoms with van der Waals surface area (Å²) in [7, 11) is 0. The molecule has 1 nitrogen and oxygen atoms in total. The molecule has 1 unspecified atom stereocenters. The second kappa shape index (κ2) is 8.18. The van der Waals surface area contributed by atoms with E-state index in [-0.39, 0.29) is 0 Å². The Morgan fingerprint density at radius 3 is 2.80 bits per heavy atom. The van der Waals surface area contributed by atoms with E-state index in [4.69, 9.17) is 11.6 Å². The number of hydrogen-bond donors (Lipinski definition) is 1. The molecule has 0 spiro atoms. The summed E-state index contributed by atoms with van der Waals surface area (Å²) < 4.78 is 1.16. The van der Waals surface area contributed by atoms with Gasteiger partial charge in [-0.05, 0) is 53.0 Å². The maximum absolute atomic E-state index is 6.37. The average Bonchev–Trinajstić information content (AvgIpc) is 2.84. The number of hydrogen-bond acceptors (Lipinski definition) is 2. The van der Waals surface area contributed by atoms with Crippen LogP contribution in [0.15, 0.2) is 40.2 Å². The van der Waals surface area contributed by atoms with Gasteiger partial charge in [-0.15, -0.1) is 11.3 Å². The lowest BCUT2D eigenvalue weighted by atomic mass is 9.94. The first-order chi connectivity index (χ1) is 9.70. The van der Waals surface area contributed by atoms with Gasteiger partial charge in [0.05, 0.1) is 0 Å². The van der Waals surface area contributed by atoms with Crippen molar-refractivity contribution in [3.63, 3.8) is 0 Å². The fourth-order valence-corrected chi connectivity index (χ4v) is 4.08. The molecule has 1 heterocycles. The zero-order valence-electron chi connectivity index (χ0n) is 11.5. The first-order valence-electron chi connectivity index (χ1n) is 6.88. The minimum absolute atomic E-state index is 0.417. The number of thiophene rings is 1. The molecule has 0 amide bonds. The van der Waals surface area contributed by atoms with Crippen molar-refractivity contribution in [2.75, 3.05) is 13.1 Å². The maximum atomic E-state index is 6.37. The van der Waals surface area contributed by atoms with Gasteiger partial charge in [0.2, 0.25) is 0 Å². The van der Waals surface area contributed by atoms with Gasteiger partial charge in [-0.3, -0.25) is 0 Å². The van der Waals surface area contributed by atoms with Crippen LogP contribution in [0.5, 0.6) is 0 Å². The van der Waals surface area contributed by atoms with Crippen molar-refractivity contribution >= 4 is 38.9 Å². The molecule has 1 aromatic heterocycles. The van der Waals surface area contributed by atoms with Gasteiger partial charge in [-0.25, -0.2) is 0 Å². The van der Waals surface area contributed by atoms with Gasteiger partial charge in [0.1, 0.15) is 0 Å². The van der Waals surface area contributed by atoms with Gasteiger partial charge in [0.15, 0.2) is 0 Å². The highest BCUT2D eigenvalue weighted by Gasteiger charge is 2.16. The van der Waals surface area contributed by atoms with E-state index in [2.05, 4.69) is 51.7 Å². The average molecular weight is 373 g/mol. The molecule has 0 aliphatic carbocycles. The Labute approximate surface area is 138 Å². The first-order valence-corrected chi connectivity index (χ1v) is 8.93. The summed E-state index contributed by atoms with van der Waals surface area (Å²) in [6.07, 6.45) is 2.18. The highest BCUT2D eigenvalue weighted by molar-refractivity contribution is 9.10. The van der Waals surface area contributed by atoms with E-state index in [9.17, 15) is 0 Å². The normalized spacial score (nSPS) is 12.6. The number of halogens is 2. The lowest BCUT2D eigenvalue weighted by Crippen LogP contribution is -2.23. The highest BCUT2D eigenvalue weighted by atomic mass is 79.9. The van der Waals surface area contributed by atoms with Crippen molar-refractivity contribution in [3.8, 4) is 0 Å². The molecular formula is C16H19BrClNS.